The minimum absolute atomic E-state index is 0.683. The van der Waals surface area contributed by atoms with Crippen LogP contribution in [0.1, 0.15) is 32.6 Å². The second-order valence-corrected chi connectivity index (χ2v) is 6.15. The summed E-state index contributed by atoms with van der Waals surface area (Å²) in [6.45, 7) is 0.487. The maximum absolute atomic E-state index is 11.7. The van der Waals surface area contributed by atoms with Gasteiger partial charge in [-0.15, -0.1) is 0 Å². The number of carboxylic acids is 4. The molecule has 0 bridgehead atoms. The molecule has 0 aliphatic rings. The van der Waals surface area contributed by atoms with Gasteiger partial charge < -0.3 is 40.1 Å². The number of hydrogen-bond acceptors (Lipinski definition) is 10. The van der Waals surface area contributed by atoms with E-state index in [2.05, 4.69) is 9.47 Å². The van der Waals surface area contributed by atoms with Gasteiger partial charge in [0.2, 0.25) is 0 Å². The van der Waals surface area contributed by atoms with Crippen molar-refractivity contribution in [2.24, 2.45) is 0 Å². The maximum atomic E-state index is 11.7. The molecule has 0 saturated heterocycles. The van der Waals surface area contributed by atoms with E-state index in [0.717, 1.165) is 0 Å². The Bertz CT molecular complexity index is 685. The number of aliphatic carboxylic acids is 4. The molecule has 0 aliphatic carbocycles. The molecule has 6 N–H and O–H groups in total. The number of aliphatic hydroxyl groups is 2. The summed E-state index contributed by atoms with van der Waals surface area (Å²) >= 11 is 0. The molecule has 29 heavy (non-hydrogen) atoms. The highest BCUT2D eigenvalue weighted by Crippen LogP contribution is 2.19. The minimum Gasteiger partial charge on any atom is -0.481 e. The molecule has 14 heteroatoms. The molecular formula is C15H20O14. The van der Waals surface area contributed by atoms with Crippen LogP contribution in [-0.4, -0.2) is 90.4 Å². The molecule has 0 radical (unpaired) electrons. The first kappa shape index (κ1) is 25.7. The lowest BCUT2D eigenvalue weighted by molar-refractivity contribution is -0.177. The molecule has 3 unspecified atom stereocenters. The Hall–Kier alpha value is -3.26. The van der Waals surface area contributed by atoms with E-state index in [4.69, 9.17) is 20.4 Å². The zero-order valence-electron chi connectivity index (χ0n) is 15.1. The van der Waals surface area contributed by atoms with Crippen molar-refractivity contribution in [3.8, 4) is 0 Å². The lowest BCUT2D eigenvalue weighted by Crippen LogP contribution is -2.44. The highest BCUT2D eigenvalue weighted by atomic mass is 16.6. The van der Waals surface area contributed by atoms with E-state index in [-0.39, 0.29) is 0 Å². The van der Waals surface area contributed by atoms with Crippen LogP contribution in [0.25, 0.3) is 0 Å². The predicted molar refractivity (Wildman–Crippen MR) is 85.4 cm³/mol. The summed E-state index contributed by atoms with van der Waals surface area (Å²) in [4.78, 5) is 66.4. The molecular weight excluding hydrogens is 404 g/mol. The molecule has 0 aliphatic heterocycles. The van der Waals surface area contributed by atoms with Crippen LogP contribution in [0.2, 0.25) is 0 Å². The van der Waals surface area contributed by atoms with Crippen LogP contribution in [-0.2, 0) is 38.2 Å². The van der Waals surface area contributed by atoms with E-state index >= 15 is 0 Å². The van der Waals surface area contributed by atoms with Crippen LogP contribution in [0, 0.1) is 0 Å². The number of esters is 2. The molecule has 0 rings (SSSR count). The number of carbonyl (C=O) groups excluding carboxylic acids is 2. The van der Waals surface area contributed by atoms with Gasteiger partial charge in [-0.05, 0) is 6.92 Å². The molecule has 0 aromatic heterocycles. The van der Waals surface area contributed by atoms with Crippen LogP contribution in [0.15, 0.2) is 0 Å². The van der Waals surface area contributed by atoms with Gasteiger partial charge in [-0.25, -0.2) is 9.59 Å². The zero-order valence-corrected chi connectivity index (χ0v) is 15.1. The molecule has 0 aromatic carbocycles. The topological polar surface area (TPSA) is 242 Å². The molecule has 14 nitrogen and oxygen atoms in total. The van der Waals surface area contributed by atoms with Crippen LogP contribution in [0.3, 0.4) is 0 Å². The molecule has 3 atom stereocenters. The maximum Gasteiger partial charge on any atom is 0.336 e. The third kappa shape index (κ3) is 8.98. The van der Waals surface area contributed by atoms with Crippen LogP contribution in [0.4, 0.5) is 0 Å². The van der Waals surface area contributed by atoms with Gasteiger partial charge in [-0.3, -0.25) is 19.2 Å². The van der Waals surface area contributed by atoms with E-state index in [9.17, 15) is 39.0 Å². The fourth-order valence-electron chi connectivity index (χ4n) is 1.97. The molecule has 0 heterocycles. The zero-order chi connectivity index (χ0) is 23.0. The van der Waals surface area contributed by atoms with Gasteiger partial charge in [-0.1, -0.05) is 0 Å². The standard InChI is InChI=1S/C15H20O14/c1-7(29-11(21)5-15(27,13(24)25)3-9(18)19)6-28-10(20)4-14(26,12(22)23)2-8(16)17/h7,26-27H,2-6H2,1H3,(H,16,17)(H,18,19)(H,22,23)(H,24,25). The summed E-state index contributed by atoms with van der Waals surface area (Å²) in [5.74, 6) is -9.96. The van der Waals surface area contributed by atoms with Crippen molar-refractivity contribution in [1.29, 1.82) is 0 Å². The molecule has 0 aromatic rings. The summed E-state index contributed by atoms with van der Waals surface area (Å²) < 4.78 is 9.23. The number of hydrogen-bond donors (Lipinski definition) is 6. The summed E-state index contributed by atoms with van der Waals surface area (Å²) in [6.07, 6.45) is -6.22. The monoisotopic (exact) mass is 424 g/mol. The van der Waals surface area contributed by atoms with Crippen LogP contribution in [0.5, 0.6) is 0 Å². The van der Waals surface area contributed by atoms with Crippen LogP contribution >= 0.6 is 0 Å². The van der Waals surface area contributed by atoms with E-state index in [1.807, 2.05) is 0 Å². The lowest BCUT2D eigenvalue weighted by Gasteiger charge is -2.22. The van der Waals surface area contributed by atoms with Crippen molar-refractivity contribution >= 4 is 35.8 Å². The van der Waals surface area contributed by atoms with E-state index in [1.54, 1.807) is 0 Å². The Morgan fingerprint density at radius 3 is 1.45 bits per heavy atom. The molecule has 0 amide bonds. The fraction of sp³-hybridized carbons (Fsp3) is 0.600. The smallest absolute Gasteiger partial charge is 0.336 e. The van der Waals surface area contributed by atoms with E-state index in [0.29, 0.717) is 0 Å². The first-order valence-electron chi connectivity index (χ1n) is 7.81. The second kappa shape index (κ2) is 10.3. The SMILES string of the molecule is CC(COC(=O)CC(O)(CC(=O)O)C(=O)O)OC(=O)CC(O)(CC(=O)O)C(=O)O. The van der Waals surface area contributed by atoms with E-state index in [1.165, 1.54) is 6.92 Å². The fourth-order valence-corrected chi connectivity index (χ4v) is 1.97. The van der Waals surface area contributed by atoms with Gasteiger partial charge in [0.25, 0.3) is 0 Å². The number of carboxylic acid groups (broad SMARTS) is 4. The Labute approximate surface area is 162 Å². The second-order valence-electron chi connectivity index (χ2n) is 6.15. The number of rotatable bonds is 13. The summed E-state index contributed by atoms with van der Waals surface area (Å²) in [5, 5.41) is 54.3. The summed E-state index contributed by atoms with van der Waals surface area (Å²) in [5.41, 5.74) is -5.84. The van der Waals surface area contributed by atoms with Gasteiger partial charge in [0.15, 0.2) is 11.2 Å². The van der Waals surface area contributed by atoms with Gasteiger partial charge in [0, 0.05) is 0 Å². The lowest BCUT2D eigenvalue weighted by atomic mass is 9.96. The summed E-state index contributed by atoms with van der Waals surface area (Å²) in [6, 6.07) is 0. The third-order valence-corrected chi connectivity index (χ3v) is 3.37. The number of carbonyl (C=O) groups is 6. The number of ether oxygens (including phenoxy) is 2. The quantitative estimate of drug-likeness (QED) is 0.172. The first-order chi connectivity index (χ1) is 13.1. The third-order valence-electron chi connectivity index (χ3n) is 3.37. The molecule has 0 spiro atoms. The minimum atomic E-state index is -2.92. The Morgan fingerprint density at radius 2 is 1.10 bits per heavy atom. The normalized spacial score (nSPS) is 15.8. The van der Waals surface area contributed by atoms with Crippen LogP contribution < -0.4 is 0 Å². The van der Waals surface area contributed by atoms with Gasteiger partial charge in [-0.2, -0.15) is 0 Å². The van der Waals surface area contributed by atoms with E-state index < -0.39 is 85.4 Å². The Balaban J connectivity index is 4.73. The van der Waals surface area contributed by atoms with Gasteiger partial charge >= 0.3 is 35.8 Å². The van der Waals surface area contributed by atoms with Crippen molar-refractivity contribution < 1.29 is 68.9 Å². The molecule has 0 saturated carbocycles. The average Bonchev–Trinajstić information content (AvgIpc) is 2.50. The summed E-state index contributed by atoms with van der Waals surface area (Å²) in [7, 11) is 0. The van der Waals surface area contributed by atoms with Crippen molar-refractivity contribution in [2.45, 2.75) is 49.9 Å². The highest BCUT2D eigenvalue weighted by molar-refractivity contribution is 5.89. The first-order valence-corrected chi connectivity index (χ1v) is 7.81. The molecule has 164 valence electrons. The average molecular weight is 424 g/mol. The Morgan fingerprint density at radius 1 is 0.724 bits per heavy atom. The van der Waals surface area contributed by atoms with Crippen molar-refractivity contribution in [2.75, 3.05) is 6.61 Å². The molecule has 0 fully saturated rings. The predicted octanol–water partition coefficient (Wildman–Crippen LogP) is -2.18. The largest absolute Gasteiger partial charge is 0.481 e. The van der Waals surface area contributed by atoms with Crippen molar-refractivity contribution in [3.63, 3.8) is 0 Å². The Kier molecular flexibility index (Phi) is 9.17. The van der Waals surface area contributed by atoms with Crippen molar-refractivity contribution in [1.82, 2.24) is 0 Å². The van der Waals surface area contributed by atoms with Gasteiger partial charge in [0.1, 0.15) is 12.7 Å². The highest BCUT2D eigenvalue weighted by Gasteiger charge is 2.43. The van der Waals surface area contributed by atoms with Gasteiger partial charge in [0.05, 0.1) is 25.7 Å². The van der Waals surface area contributed by atoms with Crippen molar-refractivity contribution in [3.05, 3.63) is 0 Å².